The van der Waals surface area contributed by atoms with Gasteiger partial charge in [-0.05, 0) is 54.6 Å². The van der Waals surface area contributed by atoms with Crippen LogP contribution in [0.5, 0.6) is 5.75 Å². The van der Waals surface area contributed by atoms with Gasteiger partial charge in [0.2, 0.25) is 10.0 Å². The van der Waals surface area contributed by atoms with Crippen molar-refractivity contribution in [3.63, 3.8) is 0 Å². The molecule has 0 saturated carbocycles. The number of aliphatic hydroxyl groups excluding tert-OH is 1. The number of carbonyl (C=O) groups is 2. The standard InChI is InChI=1S/C23H18ClN3O6S/c1-33-18-12-13(5-10-16(18)24)21(28)19-20(17-4-2-3-11-26-17)27(23(30)22(19)29)14-6-8-15(9-7-14)34(25,31)32/h2-12,20,28H,1H3,(H2,25,31,32)/b21-19+. The average molecular weight is 500 g/mol. The third-order valence-corrected chi connectivity index (χ3v) is 6.52. The van der Waals surface area contributed by atoms with Crippen molar-refractivity contribution in [2.45, 2.75) is 10.9 Å². The van der Waals surface area contributed by atoms with Crippen LogP contribution in [0.1, 0.15) is 17.3 Å². The number of methoxy groups -OCH3 is 1. The van der Waals surface area contributed by atoms with Gasteiger partial charge in [0.05, 0.1) is 28.3 Å². The van der Waals surface area contributed by atoms with E-state index in [1.54, 1.807) is 18.2 Å². The minimum Gasteiger partial charge on any atom is -0.507 e. The van der Waals surface area contributed by atoms with Crippen LogP contribution in [-0.4, -0.2) is 37.3 Å². The molecular formula is C23H18ClN3O6S. The topological polar surface area (TPSA) is 140 Å². The first-order valence-electron chi connectivity index (χ1n) is 9.82. The third kappa shape index (κ3) is 4.14. The molecule has 1 fully saturated rings. The number of aliphatic hydroxyl groups is 1. The Morgan fingerprint density at radius 3 is 2.41 bits per heavy atom. The van der Waals surface area contributed by atoms with Gasteiger partial charge in [-0.3, -0.25) is 19.5 Å². The molecule has 1 amide bonds. The number of rotatable bonds is 5. The van der Waals surface area contributed by atoms with E-state index < -0.39 is 33.5 Å². The Hall–Kier alpha value is -3.73. The lowest BCUT2D eigenvalue weighted by atomic mass is 9.98. The molecule has 2 aromatic carbocycles. The van der Waals surface area contributed by atoms with Crippen LogP contribution in [0.3, 0.4) is 0 Å². The van der Waals surface area contributed by atoms with Crippen molar-refractivity contribution < 1.29 is 27.9 Å². The molecular weight excluding hydrogens is 482 g/mol. The lowest BCUT2D eigenvalue weighted by Crippen LogP contribution is -2.29. The minimum absolute atomic E-state index is 0.157. The Labute approximate surface area is 200 Å². The summed E-state index contributed by atoms with van der Waals surface area (Å²) in [6, 6.07) is 13.5. The number of nitrogens with zero attached hydrogens (tertiary/aromatic N) is 2. The highest BCUT2D eigenvalue weighted by atomic mass is 35.5. The zero-order valence-corrected chi connectivity index (χ0v) is 19.2. The molecule has 1 atom stereocenters. The first kappa shape index (κ1) is 23.4. The van der Waals surface area contributed by atoms with E-state index in [2.05, 4.69) is 4.98 Å². The van der Waals surface area contributed by atoms with Crippen molar-refractivity contribution in [3.8, 4) is 5.75 Å². The van der Waals surface area contributed by atoms with E-state index in [-0.39, 0.29) is 27.5 Å². The van der Waals surface area contributed by atoms with Crippen LogP contribution in [0, 0.1) is 0 Å². The van der Waals surface area contributed by atoms with Crippen molar-refractivity contribution in [1.29, 1.82) is 0 Å². The van der Waals surface area contributed by atoms with Crippen LogP contribution in [0.4, 0.5) is 5.69 Å². The van der Waals surface area contributed by atoms with E-state index in [9.17, 15) is 23.1 Å². The lowest BCUT2D eigenvalue weighted by Gasteiger charge is -2.24. The number of halogens is 1. The van der Waals surface area contributed by atoms with Gasteiger partial charge >= 0.3 is 0 Å². The fraction of sp³-hybridized carbons (Fsp3) is 0.0870. The largest absolute Gasteiger partial charge is 0.507 e. The maximum absolute atomic E-state index is 13.1. The van der Waals surface area contributed by atoms with Gasteiger partial charge in [-0.1, -0.05) is 17.7 Å². The number of Topliss-reactive ketones (excluding diaryl/α,β-unsaturated/α-hetero) is 1. The first-order valence-corrected chi connectivity index (χ1v) is 11.7. The summed E-state index contributed by atoms with van der Waals surface area (Å²) < 4.78 is 28.4. The summed E-state index contributed by atoms with van der Waals surface area (Å²) in [6.45, 7) is 0. The SMILES string of the molecule is COc1cc(/C(O)=C2\C(=O)C(=O)N(c3ccc(S(N)(=O)=O)cc3)C2c2ccccn2)ccc1Cl. The van der Waals surface area contributed by atoms with Gasteiger partial charge in [-0.25, -0.2) is 13.6 Å². The molecule has 11 heteroatoms. The van der Waals surface area contributed by atoms with E-state index in [0.717, 1.165) is 4.90 Å². The van der Waals surface area contributed by atoms with Crippen molar-refractivity contribution in [2.24, 2.45) is 5.14 Å². The second kappa shape index (κ2) is 8.90. The highest BCUT2D eigenvalue weighted by Gasteiger charge is 2.47. The fourth-order valence-electron chi connectivity index (χ4n) is 3.68. The number of nitrogens with two attached hydrogens (primary N) is 1. The molecule has 1 aliphatic heterocycles. The van der Waals surface area contributed by atoms with Gasteiger partial charge in [-0.2, -0.15) is 0 Å². The molecule has 0 radical (unpaired) electrons. The van der Waals surface area contributed by atoms with E-state index in [1.807, 2.05) is 0 Å². The van der Waals surface area contributed by atoms with E-state index in [4.69, 9.17) is 21.5 Å². The highest BCUT2D eigenvalue weighted by Crippen LogP contribution is 2.42. The summed E-state index contributed by atoms with van der Waals surface area (Å²) in [5.74, 6) is -2.01. The molecule has 3 N–H and O–H groups in total. The maximum atomic E-state index is 13.1. The lowest BCUT2D eigenvalue weighted by molar-refractivity contribution is -0.132. The highest BCUT2D eigenvalue weighted by molar-refractivity contribution is 7.89. The molecule has 1 unspecified atom stereocenters. The van der Waals surface area contributed by atoms with Crippen molar-refractivity contribution >= 4 is 44.8 Å². The summed E-state index contributed by atoms with van der Waals surface area (Å²) in [5.41, 5.74) is 0.561. The molecule has 9 nitrogen and oxygen atoms in total. The zero-order valence-electron chi connectivity index (χ0n) is 17.7. The molecule has 0 spiro atoms. The minimum atomic E-state index is -3.96. The molecule has 3 aromatic rings. The van der Waals surface area contributed by atoms with Gasteiger partial charge in [0.1, 0.15) is 17.6 Å². The van der Waals surface area contributed by atoms with Crippen LogP contribution < -0.4 is 14.8 Å². The number of aromatic nitrogens is 1. The number of hydrogen-bond acceptors (Lipinski definition) is 7. The Kier molecular flexibility index (Phi) is 6.13. The molecule has 34 heavy (non-hydrogen) atoms. The third-order valence-electron chi connectivity index (χ3n) is 5.28. The Morgan fingerprint density at radius 1 is 1.12 bits per heavy atom. The van der Waals surface area contributed by atoms with Crippen molar-refractivity contribution in [3.05, 3.63) is 88.7 Å². The summed E-state index contributed by atoms with van der Waals surface area (Å²) >= 11 is 6.07. The van der Waals surface area contributed by atoms with Crippen LogP contribution >= 0.6 is 11.6 Å². The van der Waals surface area contributed by atoms with Crippen LogP contribution in [0.15, 0.2) is 77.3 Å². The first-order chi connectivity index (χ1) is 16.1. The van der Waals surface area contributed by atoms with Crippen LogP contribution in [-0.2, 0) is 19.6 Å². The second-order valence-electron chi connectivity index (χ2n) is 7.31. The molecule has 2 heterocycles. The summed E-state index contributed by atoms with van der Waals surface area (Å²) in [7, 11) is -2.55. The molecule has 1 aliphatic rings. The van der Waals surface area contributed by atoms with Crippen molar-refractivity contribution in [2.75, 3.05) is 12.0 Å². The smallest absolute Gasteiger partial charge is 0.300 e. The number of carbonyl (C=O) groups excluding carboxylic acids is 2. The van der Waals surface area contributed by atoms with E-state index in [1.165, 1.54) is 55.8 Å². The molecule has 1 saturated heterocycles. The van der Waals surface area contributed by atoms with Gasteiger partial charge in [-0.15, -0.1) is 0 Å². The van der Waals surface area contributed by atoms with Crippen LogP contribution in [0.25, 0.3) is 5.76 Å². The number of sulfonamides is 1. The normalized spacial score (nSPS) is 17.7. The molecule has 0 bridgehead atoms. The maximum Gasteiger partial charge on any atom is 0.300 e. The molecule has 4 rings (SSSR count). The van der Waals surface area contributed by atoms with E-state index >= 15 is 0 Å². The number of anilines is 1. The zero-order chi connectivity index (χ0) is 24.6. The predicted molar refractivity (Wildman–Crippen MR) is 125 cm³/mol. The summed E-state index contributed by atoms with van der Waals surface area (Å²) in [6.07, 6.45) is 1.49. The number of primary sulfonamides is 1. The molecule has 0 aliphatic carbocycles. The molecule has 174 valence electrons. The monoisotopic (exact) mass is 499 g/mol. The van der Waals surface area contributed by atoms with Crippen molar-refractivity contribution in [1.82, 2.24) is 4.98 Å². The summed E-state index contributed by atoms with van der Waals surface area (Å²) in [5, 5.41) is 16.6. The van der Waals surface area contributed by atoms with Crippen LogP contribution in [0.2, 0.25) is 5.02 Å². The Bertz CT molecular complexity index is 1420. The fourth-order valence-corrected chi connectivity index (χ4v) is 4.39. The number of ketones is 1. The number of ether oxygens (including phenoxy) is 1. The van der Waals surface area contributed by atoms with Gasteiger partial charge in [0, 0.05) is 17.4 Å². The average Bonchev–Trinajstić information content (AvgIpc) is 3.09. The number of hydrogen-bond donors (Lipinski definition) is 2. The van der Waals surface area contributed by atoms with Gasteiger partial charge in [0.25, 0.3) is 11.7 Å². The van der Waals surface area contributed by atoms with Gasteiger partial charge in [0.15, 0.2) is 0 Å². The second-order valence-corrected chi connectivity index (χ2v) is 9.28. The number of pyridine rings is 1. The number of amides is 1. The molecule has 1 aromatic heterocycles. The predicted octanol–water partition coefficient (Wildman–Crippen LogP) is 3.02. The quantitative estimate of drug-likeness (QED) is 0.312. The Balaban J connectivity index is 1.91. The number of benzene rings is 2. The van der Waals surface area contributed by atoms with Gasteiger partial charge < -0.3 is 9.84 Å². The Morgan fingerprint density at radius 2 is 1.82 bits per heavy atom. The van der Waals surface area contributed by atoms with E-state index in [0.29, 0.717) is 10.7 Å². The summed E-state index contributed by atoms with van der Waals surface area (Å²) in [4.78, 5) is 31.5.